The molecule has 2 aromatic rings. The fraction of sp³-hybridized carbons (Fsp3) is 0.417. The Labute approximate surface area is 171 Å². The van der Waals surface area contributed by atoms with Crippen molar-refractivity contribution in [3.8, 4) is 5.75 Å². The number of hydrogen-bond acceptors (Lipinski definition) is 3. The molecule has 1 atom stereocenters. The van der Waals surface area contributed by atoms with Crippen molar-refractivity contribution in [2.45, 2.75) is 31.7 Å². The van der Waals surface area contributed by atoms with Crippen LogP contribution in [0.25, 0.3) is 0 Å². The van der Waals surface area contributed by atoms with E-state index in [0.717, 1.165) is 31.4 Å². The lowest BCUT2D eigenvalue weighted by Gasteiger charge is -2.53. The first-order valence-electron chi connectivity index (χ1n) is 10.5. The molecular weight excluding hydrogens is 364 g/mol. The van der Waals surface area contributed by atoms with E-state index in [1.807, 2.05) is 53.4 Å². The van der Waals surface area contributed by atoms with Crippen LogP contribution in [0.2, 0.25) is 0 Å². The summed E-state index contributed by atoms with van der Waals surface area (Å²) in [5, 5.41) is 0. The summed E-state index contributed by atoms with van der Waals surface area (Å²) in [5.74, 6) is 1.03. The molecule has 2 amide bonds. The van der Waals surface area contributed by atoms with Crippen LogP contribution in [-0.2, 0) is 11.2 Å². The van der Waals surface area contributed by atoms with Gasteiger partial charge in [-0.3, -0.25) is 9.59 Å². The fourth-order valence-electron chi connectivity index (χ4n) is 4.99. The van der Waals surface area contributed by atoms with E-state index < -0.39 is 0 Å². The standard InChI is InChI=1S/C24H26N2O3/c27-22(18-8-2-1-3-9-18)26-13-7-6-11-20(26)23(28)25-15-24(16-25)14-19-10-4-5-12-21(19)29-17-24/h1-5,8-10,12,20H,6-7,11,13-17H2. The van der Waals surface area contributed by atoms with Crippen molar-refractivity contribution in [2.24, 2.45) is 5.41 Å². The van der Waals surface area contributed by atoms with E-state index >= 15 is 0 Å². The molecule has 1 unspecified atom stereocenters. The SMILES string of the molecule is O=C(C1CCCCN1C(=O)c1ccccc1)N1CC2(COc3ccccc3C2)C1. The summed E-state index contributed by atoms with van der Waals surface area (Å²) in [7, 11) is 0. The summed E-state index contributed by atoms with van der Waals surface area (Å²) < 4.78 is 5.97. The second kappa shape index (κ2) is 7.21. The zero-order valence-corrected chi connectivity index (χ0v) is 16.5. The number of nitrogens with zero attached hydrogens (tertiary/aromatic N) is 2. The molecule has 3 aliphatic heterocycles. The van der Waals surface area contributed by atoms with Crippen molar-refractivity contribution in [1.29, 1.82) is 0 Å². The molecule has 2 saturated heterocycles. The van der Waals surface area contributed by atoms with Gasteiger partial charge >= 0.3 is 0 Å². The molecular formula is C24H26N2O3. The van der Waals surface area contributed by atoms with E-state index in [0.29, 0.717) is 31.8 Å². The Bertz CT molecular complexity index is 921. The predicted octanol–water partition coefficient (Wildman–Crippen LogP) is 3.15. The van der Waals surface area contributed by atoms with Crippen molar-refractivity contribution < 1.29 is 14.3 Å². The maximum atomic E-state index is 13.3. The highest BCUT2D eigenvalue weighted by molar-refractivity contribution is 5.97. The third kappa shape index (κ3) is 3.28. The molecule has 29 heavy (non-hydrogen) atoms. The minimum atomic E-state index is -0.342. The van der Waals surface area contributed by atoms with E-state index in [-0.39, 0.29) is 23.3 Å². The number of carbonyl (C=O) groups excluding carboxylic acids is 2. The van der Waals surface area contributed by atoms with Crippen LogP contribution in [0.15, 0.2) is 54.6 Å². The Morgan fingerprint density at radius 3 is 2.55 bits per heavy atom. The van der Waals surface area contributed by atoms with E-state index in [4.69, 9.17) is 4.74 Å². The smallest absolute Gasteiger partial charge is 0.254 e. The van der Waals surface area contributed by atoms with Crippen LogP contribution in [-0.4, -0.2) is 53.9 Å². The van der Waals surface area contributed by atoms with Gasteiger partial charge in [0.05, 0.1) is 6.61 Å². The van der Waals surface area contributed by atoms with Crippen LogP contribution < -0.4 is 4.74 Å². The summed E-state index contributed by atoms with van der Waals surface area (Å²) >= 11 is 0. The van der Waals surface area contributed by atoms with Gasteiger partial charge in [0.25, 0.3) is 5.91 Å². The molecule has 0 aromatic heterocycles. The maximum Gasteiger partial charge on any atom is 0.254 e. The van der Waals surface area contributed by atoms with Gasteiger partial charge in [0.2, 0.25) is 5.91 Å². The highest BCUT2D eigenvalue weighted by Crippen LogP contribution is 2.41. The predicted molar refractivity (Wildman–Crippen MR) is 110 cm³/mol. The second-order valence-corrected chi connectivity index (χ2v) is 8.64. The molecule has 3 heterocycles. The molecule has 0 N–H and O–H groups in total. The first-order valence-corrected chi connectivity index (χ1v) is 10.5. The summed E-state index contributed by atoms with van der Waals surface area (Å²) in [6, 6.07) is 17.1. The number of piperidine rings is 1. The van der Waals surface area contributed by atoms with Gasteiger partial charge in [0.1, 0.15) is 11.8 Å². The van der Waals surface area contributed by atoms with E-state index in [1.54, 1.807) is 4.90 Å². The van der Waals surface area contributed by atoms with E-state index in [9.17, 15) is 9.59 Å². The Hall–Kier alpha value is -2.82. The van der Waals surface area contributed by atoms with Crippen LogP contribution in [0.3, 0.4) is 0 Å². The molecule has 3 aliphatic rings. The van der Waals surface area contributed by atoms with Gasteiger partial charge in [-0.2, -0.15) is 0 Å². The Kier molecular flexibility index (Phi) is 4.53. The molecule has 0 radical (unpaired) electrons. The number of hydrogen-bond donors (Lipinski definition) is 0. The second-order valence-electron chi connectivity index (χ2n) is 8.64. The highest BCUT2D eigenvalue weighted by Gasteiger charge is 2.50. The van der Waals surface area contributed by atoms with Gasteiger partial charge in [-0.1, -0.05) is 36.4 Å². The van der Waals surface area contributed by atoms with Crippen molar-refractivity contribution in [1.82, 2.24) is 9.80 Å². The first-order chi connectivity index (χ1) is 14.2. The van der Waals surface area contributed by atoms with Gasteiger partial charge in [-0.15, -0.1) is 0 Å². The summed E-state index contributed by atoms with van der Waals surface area (Å²) in [6.07, 6.45) is 3.64. The molecule has 0 aliphatic carbocycles. The molecule has 5 rings (SSSR count). The fourth-order valence-corrected chi connectivity index (χ4v) is 4.99. The molecule has 0 bridgehead atoms. The number of fused-ring (bicyclic) bond motifs is 1. The van der Waals surface area contributed by atoms with E-state index in [2.05, 4.69) is 6.07 Å². The van der Waals surface area contributed by atoms with Crippen LogP contribution in [0.1, 0.15) is 35.2 Å². The summed E-state index contributed by atoms with van der Waals surface area (Å²) in [6.45, 7) is 2.73. The zero-order chi connectivity index (χ0) is 19.8. The van der Waals surface area contributed by atoms with E-state index in [1.165, 1.54) is 5.56 Å². The van der Waals surface area contributed by atoms with Crippen molar-refractivity contribution >= 4 is 11.8 Å². The normalized spacial score (nSPS) is 22.4. The van der Waals surface area contributed by atoms with Gasteiger partial charge < -0.3 is 14.5 Å². The molecule has 150 valence electrons. The van der Waals surface area contributed by atoms with Crippen LogP contribution in [0, 0.1) is 5.41 Å². The average molecular weight is 390 g/mol. The monoisotopic (exact) mass is 390 g/mol. The zero-order valence-electron chi connectivity index (χ0n) is 16.5. The Balaban J connectivity index is 1.28. The minimum Gasteiger partial charge on any atom is -0.493 e. The van der Waals surface area contributed by atoms with Gasteiger partial charge in [-0.05, 0) is 49.4 Å². The lowest BCUT2D eigenvalue weighted by molar-refractivity contribution is -0.152. The largest absolute Gasteiger partial charge is 0.493 e. The Morgan fingerprint density at radius 2 is 1.72 bits per heavy atom. The summed E-state index contributed by atoms with van der Waals surface area (Å²) in [4.78, 5) is 30.0. The molecule has 1 spiro atoms. The molecule has 0 saturated carbocycles. The Morgan fingerprint density at radius 1 is 0.966 bits per heavy atom. The number of rotatable bonds is 2. The molecule has 2 aromatic carbocycles. The lowest BCUT2D eigenvalue weighted by atomic mass is 9.73. The highest BCUT2D eigenvalue weighted by atomic mass is 16.5. The van der Waals surface area contributed by atoms with Crippen LogP contribution in [0.4, 0.5) is 0 Å². The number of likely N-dealkylation sites (tertiary alicyclic amines) is 2. The van der Waals surface area contributed by atoms with Gasteiger partial charge in [0.15, 0.2) is 0 Å². The number of ether oxygens (including phenoxy) is 1. The summed E-state index contributed by atoms with van der Waals surface area (Å²) in [5.41, 5.74) is 1.90. The van der Waals surface area contributed by atoms with Crippen LogP contribution in [0.5, 0.6) is 5.75 Å². The number of para-hydroxylation sites is 1. The van der Waals surface area contributed by atoms with Crippen molar-refractivity contribution in [2.75, 3.05) is 26.2 Å². The van der Waals surface area contributed by atoms with Gasteiger partial charge in [0, 0.05) is 30.6 Å². The topological polar surface area (TPSA) is 49.9 Å². The molecule has 5 nitrogen and oxygen atoms in total. The number of amides is 2. The van der Waals surface area contributed by atoms with Gasteiger partial charge in [-0.25, -0.2) is 0 Å². The molecule has 5 heteroatoms. The quantitative estimate of drug-likeness (QED) is 0.792. The number of carbonyl (C=O) groups is 2. The third-order valence-electron chi connectivity index (χ3n) is 6.51. The van der Waals surface area contributed by atoms with Crippen molar-refractivity contribution in [3.05, 3.63) is 65.7 Å². The lowest BCUT2D eigenvalue weighted by Crippen LogP contribution is -2.66. The number of benzene rings is 2. The third-order valence-corrected chi connectivity index (χ3v) is 6.51. The van der Waals surface area contributed by atoms with Crippen LogP contribution >= 0.6 is 0 Å². The average Bonchev–Trinajstić information content (AvgIpc) is 2.76. The molecule has 2 fully saturated rings. The van der Waals surface area contributed by atoms with Crippen molar-refractivity contribution in [3.63, 3.8) is 0 Å². The maximum absolute atomic E-state index is 13.3. The first kappa shape index (κ1) is 18.2. The minimum absolute atomic E-state index is 0.0208.